The van der Waals surface area contributed by atoms with Crippen molar-refractivity contribution in [1.82, 2.24) is 9.97 Å². The number of benzene rings is 3. The largest absolute Gasteiger partial charge is 0.454 e. The van der Waals surface area contributed by atoms with Crippen LogP contribution in [0.1, 0.15) is 0 Å². The molecule has 156 valence electrons. The molecule has 0 saturated carbocycles. The fourth-order valence-electron chi connectivity index (χ4n) is 3.09. The van der Waals surface area contributed by atoms with Gasteiger partial charge < -0.3 is 14.8 Å². The molecule has 8 nitrogen and oxygen atoms in total. The van der Waals surface area contributed by atoms with Crippen molar-refractivity contribution in [2.75, 3.05) is 16.8 Å². The Bertz CT molecular complexity index is 1410. The number of rotatable bonds is 5. The van der Waals surface area contributed by atoms with Crippen LogP contribution in [0.15, 0.2) is 71.6 Å². The van der Waals surface area contributed by atoms with Gasteiger partial charge >= 0.3 is 0 Å². The maximum Gasteiger partial charge on any atom is 0.263 e. The average Bonchev–Trinajstić information content (AvgIpc) is 3.22. The molecule has 0 atom stereocenters. The van der Waals surface area contributed by atoms with Crippen molar-refractivity contribution in [1.29, 1.82) is 0 Å². The van der Waals surface area contributed by atoms with Gasteiger partial charge in [0, 0.05) is 16.8 Å². The minimum atomic E-state index is -3.95. The van der Waals surface area contributed by atoms with E-state index in [1.165, 1.54) is 12.1 Å². The van der Waals surface area contributed by atoms with Crippen molar-refractivity contribution in [2.24, 2.45) is 0 Å². The van der Waals surface area contributed by atoms with E-state index in [2.05, 4.69) is 20.0 Å². The van der Waals surface area contributed by atoms with Crippen molar-refractivity contribution in [3.05, 3.63) is 71.8 Å². The van der Waals surface area contributed by atoms with Crippen molar-refractivity contribution >= 4 is 50.0 Å². The second kappa shape index (κ2) is 7.60. The van der Waals surface area contributed by atoms with E-state index in [1.807, 2.05) is 6.07 Å². The van der Waals surface area contributed by atoms with Crippen LogP contribution in [0.2, 0.25) is 5.02 Å². The summed E-state index contributed by atoms with van der Waals surface area (Å²) in [6, 6.07) is 18.4. The number of halogens is 1. The number of nitrogens with zero attached hydrogens (tertiary/aromatic N) is 2. The van der Waals surface area contributed by atoms with Crippen LogP contribution >= 0.6 is 11.6 Å². The van der Waals surface area contributed by atoms with E-state index in [1.54, 1.807) is 48.5 Å². The van der Waals surface area contributed by atoms with Gasteiger partial charge in [-0.3, -0.25) is 4.72 Å². The average molecular weight is 455 g/mol. The first kappa shape index (κ1) is 19.4. The van der Waals surface area contributed by atoms with Gasteiger partial charge in [0.1, 0.15) is 0 Å². The Kier molecular flexibility index (Phi) is 4.76. The fraction of sp³-hybridized carbons (Fsp3) is 0.0476. The SMILES string of the molecule is O=S(=O)(Nc1nc2ccccc2nc1Nc1ccc2c(c1)OCO2)c1cccc(Cl)c1. The molecule has 3 aromatic carbocycles. The lowest BCUT2D eigenvalue weighted by Gasteiger charge is -2.14. The summed E-state index contributed by atoms with van der Waals surface area (Å²) in [7, 11) is -3.95. The Morgan fingerprint density at radius 3 is 2.35 bits per heavy atom. The molecule has 31 heavy (non-hydrogen) atoms. The Hall–Kier alpha value is -3.56. The molecule has 0 aliphatic carbocycles. The van der Waals surface area contributed by atoms with Gasteiger partial charge in [-0.15, -0.1) is 0 Å². The zero-order valence-electron chi connectivity index (χ0n) is 15.9. The molecule has 10 heteroatoms. The molecule has 0 spiro atoms. The molecule has 1 aliphatic rings. The molecule has 0 fully saturated rings. The number of para-hydroxylation sites is 2. The quantitative estimate of drug-likeness (QED) is 0.455. The van der Waals surface area contributed by atoms with Crippen LogP contribution in [0.5, 0.6) is 11.5 Å². The van der Waals surface area contributed by atoms with E-state index in [-0.39, 0.29) is 23.3 Å². The third-order valence-electron chi connectivity index (χ3n) is 4.54. The van der Waals surface area contributed by atoms with Crippen LogP contribution in [-0.4, -0.2) is 25.2 Å². The Morgan fingerprint density at radius 1 is 0.839 bits per heavy atom. The minimum absolute atomic E-state index is 0.0176. The Labute approximate surface area is 182 Å². The predicted octanol–water partition coefficient (Wildman–Crippen LogP) is 4.56. The van der Waals surface area contributed by atoms with Gasteiger partial charge in [0.25, 0.3) is 10.0 Å². The van der Waals surface area contributed by atoms with Gasteiger partial charge in [-0.2, -0.15) is 0 Å². The summed E-state index contributed by atoms with van der Waals surface area (Å²) in [5, 5.41) is 3.43. The molecule has 0 unspecified atom stereocenters. The molecular formula is C21H15ClN4O4S. The highest BCUT2D eigenvalue weighted by Gasteiger charge is 2.20. The lowest BCUT2D eigenvalue weighted by Crippen LogP contribution is -2.16. The van der Waals surface area contributed by atoms with Crippen molar-refractivity contribution in [3.63, 3.8) is 0 Å². The van der Waals surface area contributed by atoms with E-state index < -0.39 is 10.0 Å². The van der Waals surface area contributed by atoms with E-state index in [9.17, 15) is 8.42 Å². The van der Waals surface area contributed by atoms with Gasteiger partial charge in [0.15, 0.2) is 23.1 Å². The highest BCUT2D eigenvalue weighted by Crippen LogP contribution is 2.36. The summed E-state index contributed by atoms with van der Waals surface area (Å²) in [6.07, 6.45) is 0. The zero-order chi connectivity index (χ0) is 21.4. The van der Waals surface area contributed by atoms with Crippen molar-refractivity contribution < 1.29 is 17.9 Å². The summed E-state index contributed by atoms with van der Waals surface area (Å²) >= 11 is 5.96. The normalized spacial score (nSPS) is 12.7. The minimum Gasteiger partial charge on any atom is -0.454 e. The van der Waals surface area contributed by atoms with Gasteiger partial charge in [-0.1, -0.05) is 29.8 Å². The van der Waals surface area contributed by atoms with E-state index in [0.717, 1.165) is 0 Å². The van der Waals surface area contributed by atoms with Gasteiger partial charge in [-0.05, 0) is 42.5 Å². The first-order valence-corrected chi connectivity index (χ1v) is 11.1. The summed E-state index contributed by atoms with van der Waals surface area (Å²) in [5.74, 6) is 1.51. The second-order valence-electron chi connectivity index (χ2n) is 6.67. The topological polar surface area (TPSA) is 102 Å². The number of anilines is 3. The number of aromatic nitrogens is 2. The number of fused-ring (bicyclic) bond motifs is 2. The highest BCUT2D eigenvalue weighted by atomic mass is 35.5. The monoisotopic (exact) mass is 454 g/mol. The molecule has 1 aliphatic heterocycles. The van der Waals surface area contributed by atoms with Crippen LogP contribution < -0.4 is 19.5 Å². The lowest BCUT2D eigenvalue weighted by molar-refractivity contribution is 0.174. The second-order valence-corrected chi connectivity index (χ2v) is 8.78. The summed E-state index contributed by atoms with van der Waals surface area (Å²) in [6.45, 7) is 0.152. The smallest absolute Gasteiger partial charge is 0.263 e. The molecule has 1 aromatic heterocycles. The van der Waals surface area contributed by atoms with Gasteiger partial charge in [0.2, 0.25) is 6.79 Å². The van der Waals surface area contributed by atoms with Crippen LogP contribution in [-0.2, 0) is 10.0 Å². The first-order valence-electron chi connectivity index (χ1n) is 9.20. The van der Waals surface area contributed by atoms with Gasteiger partial charge in [0.05, 0.1) is 15.9 Å². The maximum absolute atomic E-state index is 12.9. The van der Waals surface area contributed by atoms with Crippen molar-refractivity contribution in [2.45, 2.75) is 4.90 Å². The lowest BCUT2D eigenvalue weighted by atomic mass is 10.2. The van der Waals surface area contributed by atoms with Crippen LogP contribution in [0.25, 0.3) is 11.0 Å². The summed E-state index contributed by atoms with van der Waals surface area (Å²) < 4.78 is 39.1. The molecule has 0 radical (unpaired) electrons. The van der Waals surface area contributed by atoms with Crippen LogP contribution in [0.4, 0.5) is 17.3 Å². The van der Waals surface area contributed by atoms with Crippen molar-refractivity contribution in [3.8, 4) is 11.5 Å². The van der Waals surface area contributed by atoms with Crippen LogP contribution in [0, 0.1) is 0 Å². The standard InChI is InChI=1S/C21H15ClN4O4S/c22-13-4-3-5-15(10-13)31(27,28)26-21-20(24-16-6-1-2-7-17(16)25-21)23-14-8-9-18-19(11-14)30-12-29-18/h1-11H,12H2,(H,23,24)(H,25,26). The van der Waals surface area contributed by atoms with E-state index in [4.69, 9.17) is 21.1 Å². The number of hydrogen-bond acceptors (Lipinski definition) is 7. The first-order chi connectivity index (χ1) is 15.0. The maximum atomic E-state index is 12.9. The third kappa shape index (κ3) is 3.92. The molecule has 2 heterocycles. The Morgan fingerprint density at radius 2 is 1.58 bits per heavy atom. The highest BCUT2D eigenvalue weighted by molar-refractivity contribution is 7.92. The fourth-order valence-corrected chi connectivity index (χ4v) is 4.40. The number of nitrogens with one attached hydrogen (secondary N) is 2. The molecule has 5 rings (SSSR count). The summed E-state index contributed by atoms with van der Waals surface area (Å²) in [4.78, 5) is 9.05. The van der Waals surface area contributed by atoms with Gasteiger partial charge in [-0.25, -0.2) is 18.4 Å². The molecule has 0 saturated heterocycles. The van der Waals surface area contributed by atoms with E-state index >= 15 is 0 Å². The molecule has 4 aromatic rings. The molecule has 2 N–H and O–H groups in total. The zero-order valence-corrected chi connectivity index (χ0v) is 17.4. The Balaban J connectivity index is 1.56. The number of ether oxygens (including phenoxy) is 2. The number of hydrogen-bond donors (Lipinski definition) is 2. The number of sulfonamides is 1. The van der Waals surface area contributed by atoms with Crippen LogP contribution in [0.3, 0.4) is 0 Å². The molecule has 0 amide bonds. The summed E-state index contributed by atoms with van der Waals surface area (Å²) in [5.41, 5.74) is 1.79. The molecular weight excluding hydrogens is 440 g/mol. The predicted molar refractivity (Wildman–Crippen MR) is 118 cm³/mol. The van der Waals surface area contributed by atoms with E-state index in [0.29, 0.717) is 33.2 Å². The molecule has 0 bridgehead atoms. The third-order valence-corrected chi connectivity index (χ3v) is 6.11.